The van der Waals surface area contributed by atoms with Gasteiger partial charge in [0, 0.05) is 10.9 Å². The van der Waals surface area contributed by atoms with Crippen molar-refractivity contribution in [3.05, 3.63) is 33.2 Å². The molecule has 0 saturated carbocycles. The third kappa shape index (κ3) is 2.09. The summed E-state index contributed by atoms with van der Waals surface area (Å²) >= 11 is 1.62. The number of nitrogens with two attached hydrogens (primary N) is 1. The predicted octanol–water partition coefficient (Wildman–Crippen LogP) is 2.15. The van der Waals surface area contributed by atoms with Crippen LogP contribution in [0.5, 0.6) is 0 Å². The molecular weight excluding hydrogens is 298 g/mol. The lowest BCUT2D eigenvalue weighted by molar-refractivity contribution is 0.509. The average molecular weight is 313 g/mol. The summed E-state index contributed by atoms with van der Waals surface area (Å²) in [6.07, 6.45) is 4.49. The number of aromatic nitrogens is 4. The van der Waals surface area contributed by atoms with Crippen LogP contribution >= 0.6 is 11.3 Å². The van der Waals surface area contributed by atoms with Gasteiger partial charge in [0.25, 0.3) is 5.56 Å². The monoisotopic (exact) mass is 313 g/mol. The van der Waals surface area contributed by atoms with Gasteiger partial charge in [-0.05, 0) is 30.7 Å². The van der Waals surface area contributed by atoms with Crippen LogP contribution in [0.1, 0.15) is 23.8 Å². The van der Waals surface area contributed by atoms with Gasteiger partial charge >= 0.3 is 0 Å². The number of hydrogen-bond donors (Lipinski definition) is 2. The number of H-pyrrole nitrogens is 1. The molecule has 3 N–H and O–H groups in total. The number of nitrogen functional groups attached to an aromatic ring is 1. The zero-order chi connectivity index (χ0) is 15.3. The van der Waals surface area contributed by atoms with Crippen LogP contribution in [0, 0.1) is 5.92 Å². The molecule has 0 amide bonds. The van der Waals surface area contributed by atoms with Crippen molar-refractivity contribution < 1.29 is 0 Å². The third-order valence-electron chi connectivity index (χ3n) is 4.10. The van der Waals surface area contributed by atoms with Gasteiger partial charge in [0.2, 0.25) is 0 Å². The Morgan fingerprint density at radius 2 is 2.27 bits per heavy atom. The number of hydrogen-bond acceptors (Lipinski definition) is 6. The summed E-state index contributed by atoms with van der Waals surface area (Å²) in [5.41, 5.74) is 7.29. The minimum Gasteiger partial charge on any atom is -0.384 e. The zero-order valence-electron chi connectivity index (χ0n) is 12.1. The van der Waals surface area contributed by atoms with Crippen LogP contribution in [-0.4, -0.2) is 19.9 Å². The number of rotatable bonds is 1. The number of aryl methyl sites for hydroxylation is 1. The first-order chi connectivity index (χ1) is 10.6. The van der Waals surface area contributed by atoms with Gasteiger partial charge in [-0.1, -0.05) is 6.92 Å². The van der Waals surface area contributed by atoms with Crippen molar-refractivity contribution in [2.24, 2.45) is 5.92 Å². The standard InChI is InChI=1S/C15H15N5OS/c1-7-2-3-8-10(4-7)22-15-12(8)14(21)19-13(20-15)9-5-11(16)18-6-17-9/h5-7H,2-4H2,1H3,(H2,16,17,18)(H,19,20,21). The van der Waals surface area contributed by atoms with Gasteiger partial charge in [-0.2, -0.15) is 0 Å². The minimum absolute atomic E-state index is 0.0933. The number of fused-ring (bicyclic) bond motifs is 3. The number of anilines is 1. The fraction of sp³-hybridized carbons (Fsp3) is 0.333. The van der Waals surface area contributed by atoms with E-state index in [-0.39, 0.29) is 5.56 Å². The SMILES string of the molecule is CC1CCc2c(sc3nc(-c4cc(N)ncn4)[nH]c(=O)c23)C1. The second-order valence-corrected chi connectivity index (χ2v) is 6.86. The molecule has 3 heterocycles. The molecule has 22 heavy (non-hydrogen) atoms. The van der Waals surface area contributed by atoms with Gasteiger partial charge in [0.1, 0.15) is 22.7 Å². The van der Waals surface area contributed by atoms with Crippen molar-refractivity contribution in [2.75, 3.05) is 5.73 Å². The van der Waals surface area contributed by atoms with Gasteiger partial charge in [-0.3, -0.25) is 4.79 Å². The maximum absolute atomic E-state index is 12.5. The highest BCUT2D eigenvalue weighted by atomic mass is 32.1. The van der Waals surface area contributed by atoms with Gasteiger partial charge in [0.15, 0.2) is 5.82 Å². The number of aromatic amines is 1. The van der Waals surface area contributed by atoms with Crippen LogP contribution in [0.2, 0.25) is 0 Å². The Kier molecular flexibility index (Phi) is 2.97. The zero-order valence-corrected chi connectivity index (χ0v) is 12.9. The normalized spacial score (nSPS) is 17.6. The van der Waals surface area contributed by atoms with Gasteiger partial charge in [-0.15, -0.1) is 11.3 Å². The number of nitrogens with one attached hydrogen (secondary N) is 1. The number of nitrogens with zero attached hydrogens (tertiary/aromatic N) is 3. The molecule has 6 nitrogen and oxygen atoms in total. The summed E-state index contributed by atoms with van der Waals surface area (Å²) in [6.45, 7) is 2.25. The third-order valence-corrected chi connectivity index (χ3v) is 5.24. The Morgan fingerprint density at radius 1 is 1.41 bits per heavy atom. The molecule has 3 aromatic rings. The van der Waals surface area contributed by atoms with Crippen molar-refractivity contribution in [1.29, 1.82) is 0 Å². The van der Waals surface area contributed by atoms with Crippen LogP contribution in [0.3, 0.4) is 0 Å². The molecule has 0 fully saturated rings. The largest absolute Gasteiger partial charge is 0.384 e. The smallest absolute Gasteiger partial charge is 0.260 e. The molecule has 0 spiro atoms. The summed E-state index contributed by atoms with van der Waals surface area (Å²) < 4.78 is 0. The lowest BCUT2D eigenvalue weighted by Gasteiger charge is -2.17. The van der Waals surface area contributed by atoms with Crippen molar-refractivity contribution in [3.8, 4) is 11.5 Å². The van der Waals surface area contributed by atoms with E-state index in [9.17, 15) is 4.79 Å². The van der Waals surface area contributed by atoms with E-state index < -0.39 is 0 Å². The van der Waals surface area contributed by atoms with Crippen LogP contribution in [0.4, 0.5) is 5.82 Å². The molecule has 1 aliphatic rings. The highest BCUT2D eigenvalue weighted by molar-refractivity contribution is 7.18. The molecule has 0 saturated heterocycles. The van der Waals surface area contributed by atoms with E-state index in [1.807, 2.05) is 0 Å². The van der Waals surface area contributed by atoms with E-state index in [4.69, 9.17) is 5.73 Å². The fourth-order valence-electron chi connectivity index (χ4n) is 2.97. The van der Waals surface area contributed by atoms with Gasteiger partial charge < -0.3 is 10.7 Å². The van der Waals surface area contributed by atoms with Gasteiger partial charge in [-0.25, -0.2) is 15.0 Å². The Morgan fingerprint density at radius 3 is 3.09 bits per heavy atom. The molecule has 0 radical (unpaired) electrons. The Hall–Kier alpha value is -2.28. The average Bonchev–Trinajstić information content (AvgIpc) is 2.84. The van der Waals surface area contributed by atoms with Crippen LogP contribution in [-0.2, 0) is 12.8 Å². The molecule has 0 bridgehead atoms. The van der Waals surface area contributed by atoms with Crippen LogP contribution < -0.4 is 11.3 Å². The Bertz CT molecular complexity index is 929. The van der Waals surface area contributed by atoms with Gasteiger partial charge in [0.05, 0.1) is 5.39 Å². The first-order valence-electron chi connectivity index (χ1n) is 7.24. The first-order valence-corrected chi connectivity index (χ1v) is 8.06. The van der Waals surface area contributed by atoms with E-state index in [1.165, 1.54) is 16.8 Å². The molecule has 7 heteroatoms. The molecule has 1 atom stereocenters. The van der Waals surface area contributed by atoms with Crippen LogP contribution in [0.25, 0.3) is 21.7 Å². The van der Waals surface area contributed by atoms with Crippen LogP contribution in [0.15, 0.2) is 17.2 Å². The number of thiophene rings is 1. The molecule has 1 unspecified atom stereocenters. The molecular formula is C15H15N5OS. The molecule has 0 aliphatic heterocycles. The minimum atomic E-state index is -0.0933. The fourth-order valence-corrected chi connectivity index (χ4v) is 4.36. The lowest BCUT2D eigenvalue weighted by Crippen LogP contribution is -2.13. The predicted molar refractivity (Wildman–Crippen MR) is 86.9 cm³/mol. The molecule has 112 valence electrons. The summed E-state index contributed by atoms with van der Waals surface area (Å²) in [7, 11) is 0. The first kappa shape index (κ1) is 13.4. The van der Waals surface area contributed by atoms with Crippen molar-refractivity contribution in [3.63, 3.8) is 0 Å². The molecule has 3 aromatic heterocycles. The maximum atomic E-state index is 12.5. The molecule has 1 aliphatic carbocycles. The van der Waals surface area contributed by atoms with E-state index in [1.54, 1.807) is 17.4 Å². The topological polar surface area (TPSA) is 97.5 Å². The van der Waals surface area contributed by atoms with Crippen molar-refractivity contribution in [2.45, 2.75) is 26.2 Å². The molecule has 0 aromatic carbocycles. The second kappa shape index (κ2) is 4.88. The highest BCUT2D eigenvalue weighted by Crippen LogP contribution is 2.36. The summed E-state index contributed by atoms with van der Waals surface area (Å²) in [5.74, 6) is 1.46. The molecule has 4 rings (SSSR count). The summed E-state index contributed by atoms with van der Waals surface area (Å²) in [6, 6.07) is 1.61. The van der Waals surface area contributed by atoms with Crippen molar-refractivity contribution >= 4 is 27.4 Å². The van der Waals surface area contributed by atoms with E-state index in [0.29, 0.717) is 23.3 Å². The Balaban J connectivity index is 1.92. The van der Waals surface area contributed by atoms with E-state index >= 15 is 0 Å². The van der Waals surface area contributed by atoms with Crippen molar-refractivity contribution in [1.82, 2.24) is 19.9 Å². The Labute approximate surface area is 130 Å². The summed E-state index contributed by atoms with van der Waals surface area (Å²) in [4.78, 5) is 30.0. The highest BCUT2D eigenvalue weighted by Gasteiger charge is 2.23. The quantitative estimate of drug-likeness (QED) is 0.717. The van der Waals surface area contributed by atoms with E-state index in [2.05, 4.69) is 26.9 Å². The second-order valence-electron chi connectivity index (χ2n) is 5.77. The maximum Gasteiger partial charge on any atom is 0.260 e. The summed E-state index contributed by atoms with van der Waals surface area (Å²) in [5, 5.41) is 0.748. The van der Waals surface area contributed by atoms with E-state index in [0.717, 1.165) is 29.5 Å². The lowest BCUT2D eigenvalue weighted by atomic mass is 9.89.